The van der Waals surface area contributed by atoms with Crippen LogP contribution in [0.15, 0.2) is 59.5 Å². The fourth-order valence-corrected chi connectivity index (χ4v) is 3.87. The summed E-state index contributed by atoms with van der Waals surface area (Å²) in [6, 6.07) is 13.4. The number of anilines is 2. The second-order valence-corrected chi connectivity index (χ2v) is 8.36. The number of nitrogens with one attached hydrogen (secondary N) is 3. The Bertz CT molecular complexity index is 898. The van der Waals surface area contributed by atoms with Gasteiger partial charge in [0.25, 0.3) is 0 Å². The van der Waals surface area contributed by atoms with Gasteiger partial charge in [0, 0.05) is 11.4 Å². The average Bonchev–Trinajstić information content (AvgIpc) is 2.53. The number of rotatable bonds is 6. The molecular formula is C14H16N3O6PS. The summed E-state index contributed by atoms with van der Waals surface area (Å²) >= 11 is 0. The Hall–Kier alpha value is -2.23. The summed E-state index contributed by atoms with van der Waals surface area (Å²) in [4.78, 5) is 29.2. The topological polar surface area (TPSA) is 145 Å². The summed E-state index contributed by atoms with van der Waals surface area (Å²) in [5.74, 6) is 0. The number of sulfonamides is 1. The number of para-hydroxylation sites is 1. The van der Waals surface area contributed by atoms with E-state index < -0.39 is 29.9 Å². The first-order valence-electron chi connectivity index (χ1n) is 6.93. The van der Waals surface area contributed by atoms with Crippen molar-refractivity contribution in [1.82, 2.24) is 4.72 Å². The predicted octanol–water partition coefficient (Wildman–Crippen LogP) is 1.74. The minimum atomic E-state index is -4.53. The van der Waals surface area contributed by atoms with E-state index in [1.165, 1.54) is 24.3 Å². The first kappa shape index (κ1) is 19.1. The molecule has 0 aliphatic carbocycles. The van der Waals surface area contributed by atoms with E-state index in [0.717, 1.165) is 0 Å². The Balaban J connectivity index is 2.08. The predicted molar refractivity (Wildman–Crippen MR) is 92.8 cm³/mol. The molecule has 0 spiro atoms. The van der Waals surface area contributed by atoms with Gasteiger partial charge in [-0.25, -0.2) is 13.2 Å². The molecule has 0 fully saturated rings. The Morgan fingerprint density at radius 1 is 0.960 bits per heavy atom. The molecule has 5 N–H and O–H groups in total. The second kappa shape index (κ2) is 7.77. The first-order valence-corrected chi connectivity index (χ1v) is 10.2. The molecule has 0 saturated carbocycles. The van der Waals surface area contributed by atoms with Gasteiger partial charge in [-0.3, -0.25) is 4.57 Å². The first-order chi connectivity index (χ1) is 11.7. The maximum atomic E-state index is 12.0. The lowest BCUT2D eigenvalue weighted by Gasteiger charge is -2.10. The standard InChI is InChI=1S/C14H16N3O6PS/c18-14(16-11-5-2-1-3-6-11)17-12-7-4-8-13(9-12)25(22,23)15-10-24(19,20)21/h1-9,15H,10H2,(H2,16,17,18)(H2,19,20,21). The van der Waals surface area contributed by atoms with E-state index in [-0.39, 0.29) is 10.6 Å². The molecule has 0 saturated heterocycles. The monoisotopic (exact) mass is 385 g/mol. The fraction of sp³-hybridized carbons (Fsp3) is 0.0714. The van der Waals surface area contributed by atoms with Crippen molar-refractivity contribution in [3.05, 3.63) is 54.6 Å². The van der Waals surface area contributed by atoms with Crippen LogP contribution >= 0.6 is 7.60 Å². The van der Waals surface area contributed by atoms with Crippen molar-refractivity contribution in [3.63, 3.8) is 0 Å². The number of carbonyl (C=O) groups is 1. The minimum Gasteiger partial charge on any atom is -0.324 e. The lowest BCUT2D eigenvalue weighted by Crippen LogP contribution is -2.25. The molecule has 2 amide bonds. The molecule has 25 heavy (non-hydrogen) atoms. The zero-order valence-corrected chi connectivity index (χ0v) is 14.5. The molecule has 0 aliphatic heterocycles. The van der Waals surface area contributed by atoms with Crippen LogP contribution < -0.4 is 15.4 Å². The zero-order chi connectivity index (χ0) is 18.5. The van der Waals surface area contributed by atoms with Crippen molar-refractivity contribution in [2.75, 3.05) is 16.9 Å². The van der Waals surface area contributed by atoms with E-state index in [1.807, 2.05) is 4.72 Å². The Morgan fingerprint density at radius 3 is 2.20 bits per heavy atom. The van der Waals surface area contributed by atoms with Crippen molar-refractivity contribution in [2.45, 2.75) is 4.90 Å². The van der Waals surface area contributed by atoms with Crippen LogP contribution in [0, 0.1) is 0 Å². The van der Waals surface area contributed by atoms with Gasteiger partial charge >= 0.3 is 13.6 Å². The van der Waals surface area contributed by atoms with Gasteiger partial charge in [-0.1, -0.05) is 24.3 Å². The number of amides is 2. The van der Waals surface area contributed by atoms with Crippen LogP contribution in [0.4, 0.5) is 16.2 Å². The van der Waals surface area contributed by atoms with Crippen molar-refractivity contribution in [1.29, 1.82) is 0 Å². The molecule has 0 atom stereocenters. The highest BCUT2D eigenvalue weighted by Crippen LogP contribution is 2.32. The highest BCUT2D eigenvalue weighted by Gasteiger charge is 2.20. The summed E-state index contributed by atoms with van der Waals surface area (Å²) in [6.07, 6.45) is -1.01. The molecule has 0 aliphatic rings. The highest BCUT2D eigenvalue weighted by molar-refractivity contribution is 7.89. The van der Waals surface area contributed by atoms with Gasteiger partial charge < -0.3 is 20.4 Å². The lowest BCUT2D eigenvalue weighted by molar-refractivity contribution is 0.262. The van der Waals surface area contributed by atoms with Gasteiger partial charge in [-0.15, -0.1) is 0 Å². The van der Waals surface area contributed by atoms with Crippen molar-refractivity contribution < 1.29 is 27.6 Å². The largest absolute Gasteiger partial charge is 0.340 e. The minimum absolute atomic E-state index is 0.201. The molecule has 2 rings (SSSR count). The third kappa shape index (κ3) is 6.29. The van der Waals surface area contributed by atoms with E-state index >= 15 is 0 Å². The molecule has 11 heteroatoms. The lowest BCUT2D eigenvalue weighted by atomic mass is 10.3. The van der Waals surface area contributed by atoms with Crippen LogP contribution in [0.25, 0.3) is 0 Å². The Labute approximate surface area is 144 Å². The number of hydrogen-bond donors (Lipinski definition) is 5. The van der Waals surface area contributed by atoms with E-state index in [0.29, 0.717) is 5.69 Å². The van der Waals surface area contributed by atoms with Crippen LogP contribution in [-0.4, -0.2) is 30.5 Å². The smallest absolute Gasteiger partial charge is 0.324 e. The average molecular weight is 385 g/mol. The molecule has 0 radical (unpaired) electrons. The second-order valence-electron chi connectivity index (χ2n) is 4.94. The third-order valence-corrected chi connectivity index (χ3v) is 5.08. The van der Waals surface area contributed by atoms with Crippen LogP contribution in [0.5, 0.6) is 0 Å². The Kier molecular flexibility index (Phi) is 5.93. The van der Waals surface area contributed by atoms with Crippen LogP contribution in [0.3, 0.4) is 0 Å². The number of urea groups is 1. The summed E-state index contributed by atoms with van der Waals surface area (Å²) in [5, 5.41) is 5.05. The zero-order valence-electron chi connectivity index (χ0n) is 12.8. The molecule has 9 nitrogen and oxygen atoms in total. The molecule has 2 aromatic carbocycles. The molecule has 0 aromatic heterocycles. The molecule has 0 unspecified atom stereocenters. The fourth-order valence-electron chi connectivity index (χ4n) is 1.81. The Morgan fingerprint density at radius 2 is 1.56 bits per heavy atom. The maximum absolute atomic E-state index is 12.0. The number of carbonyl (C=O) groups excluding carboxylic acids is 1. The molecular weight excluding hydrogens is 369 g/mol. The molecule has 2 aromatic rings. The van der Waals surface area contributed by atoms with Crippen molar-refractivity contribution in [3.8, 4) is 0 Å². The van der Waals surface area contributed by atoms with E-state index in [1.54, 1.807) is 30.3 Å². The van der Waals surface area contributed by atoms with Gasteiger partial charge in [0.2, 0.25) is 10.0 Å². The third-order valence-electron chi connectivity index (χ3n) is 2.89. The summed E-state index contributed by atoms with van der Waals surface area (Å²) < 4.78 is 36.7. The van der Waals surface area contributed by atoms with E-state index in [2.05, 4.69) is 10.6 Å². The molecule has 0 heterocycles. The molecule has 0 bridgehead atoms. The normalized spacial score (nSPS) is 11.8. The van der Waals surface area contributed by atoms with Gasteiger partial charge in [0.05, 0.1) is 4.90 Å². The SMILES string of the molecule is O=C(Nc1ccccc1)Nc1cccc(S(=O)(=O)NCP(=O)(O)O)c1. The van der Waals surface area contributed by atoms with E-state index in [4.69, 9.17) is 9.79 Å². The number of benzene rings is 2. The van der Waals surface area contributed by atoms with Gasteiger partial charge in [0.1, 0.15) is 6.29 Å². The van der Waals surface area contributed by atoms with Crippen LogP contribution in [-0.2, 0) is 14.6 Å². The van der Waals surface area contributed by atoms with Crippen LogP contribution in [0.1, 0.15) is 0 Å². The van der Waals surface area contributed by atoms with E-state index in [9.17, 15) is 17.8 Å². The maximum Gasteiger partial charge on any atom is 0.340 e. The summed E-state index contributed by atoms with van der Waals surface area (Å²) in [7, 11) is -8.65. The summed E-state index contributed by atoms with van der Waals surface area (Å²) in [5.41, 5.74) is 0.763. The van der Waals surface area contributed by atoms with Gasteiger partial charge in [-0.05, 0) is 30.3 Å². The molecule has 134 valence electrons. The van der Waals surface area contributed by atoms with Crippen molar-refractivity contribution in [2.24, 2.45) is 0 Å². The quantitative estimate of drug-likeness (QED) is 0.479. The summed E-state index contributed by atoms with van der Waals surface area (Å²) in [6.45, 7) is 0. The van der Waals surface area contributed by atoms with Crippen molar-refractivity contribution >= 4 is 35.0 Å². The van der Waals surface area contributed by atoms with Crippen LogP contribution in [0.2, 0.25) is 0 Å². The number of hydrogen-bond acceptors (Lipinski definition) is 4. The highest BCUT2D eigenvalue weighted by atomic mass is 32.2. The van der Waals surface area contributed by atoms with Gasteiger partial charge in [-0.2, -0.15) is 4.72 Å². The van der Waals surface area contributed by atoms with Gasteiger partial charge in [0.15, 0.2) is 0 Å².